The molecule has 2 aromatic carbocycles. The summed E-state index contributed by atoms with van der Waals surface area (Å²) in [5.41, 5.74) is 1.74. The van der Waals surface area contributed by atoms with Crippen LogP contribution in [0, 0.1) is 6.92 Å². The van der Waals surface area contributed by atoms with Crippen LogP contribution in [0.2, 0.25) is 0 Å². The zero-order chi connectivity index (χ0) is 22.4. The molecule has 1 amide bonds. The van der Waals surface area contributed by atoms with Crippen molar-refractivity contribution in [3.63, 3.8) is 0 Å². The van der Waals surface area contributed by atoms with E-state index in [1.54, 1.807) is 32.2 Å². The van der Waals surface area contributed by atoms with Gasteiger partial charge in [-0.3, -0.25) is 14.2 Å². The summed E-state index contributed by atoms with van der Waals surface area (Å²) in [6, 6.07) is 14.2. The van der Waals surface area contributed by atoms with Gasteiger partial charge in [0.25, 0.3) is 5.56 Å². The average Bonchev–Trinajstić information content (AvgIpc) is 2.79. The van der Waals surface area contributed by atoms with Crippen molar-refractivity contribution < 1.29 is 19.4 Å². The Morgan fingerprint density at radius 3 is 2.52 bits per heavy atom. The lowest BCUT2D eigenvalue weighted by molar-refractivity contribution is -0.116. The molecule has 0 bridgehead atoms. The van der Waals surface area contributed by atoms with Crippen molar-refractivity contribution in [1.82, 2.24) is 9.55 Å². The predicted octanol–water partition coefficient (Wildman–Crippen LogP) is 2.41. The van der Waals surface area contributed by atoms with E-state index in [9.17, 15) is 14.7 Å². The van der Waals surface area contributed by atoms with Gasteiger partial charge in [0.2, 0.25) is 5.91 Å². The maximum absolute atomic E-state index is 13.2. The second kappa shape index (κ2) is 9.90. The van der Waals surface area contributed by atoms with Crippen LogP contribution in [0.3, 0.4) is 0 Å². The van der Waals surface area contributed by atoms with Crippen molar-refractivity contribution in [2.24, 2.45) is 0 Å². The number of aliphatic hydroxyl groups is 1. The fourth-order valence-electron chi connectivity index (χ4n) is 3.29. The topological polar surface area (TPSA) is 103 Å². The summed E-state index contributed by atoms with van der Waals surface area (Å²) < 4.78 is 11.8. The molecule has 3 aromatic rings. The van der Waals surface area contributed by atoms with Crippen LogP contribution in [-0.4, -0.2) is 41.4 Å². The quantitative estimate of drug-likeness (QED) is 0.577. The number of methoxy groups -OCH3 is 2. The molecule has 31 heavy (non-hydrogen) atoms. The first-order valence-electron chi connectivity index (χ1n) is 9.77. The minimum absolute atomic E-state index is 0.167. The van der Waals surface area contributed by atoms with Crippen LogP contribution in [0.15, 0.2) is 53.3 Å². The van der Waals surface area contributed by atoms with Crippen LogP contribution in [0.5, 0.6) is 11.5 Å². The number of anilines is 1. The lowest BCUT2D eigenvalue weighted by Gasteiger charge is -2.16. The number of ether oxygens (including phenoxy) is 2. The van der Waals surface area contributed by atoms with Crippen LogP contribution in [-0.2, 0) is 17.8 Å². The van der Waals surface area contributed by atoms with Gasteiger partial charge in [-0.15, -0.1) is 0 Å². The van der Waals surface area contributed by atoms with Crippen LogP contribution in [0.25, 0.3) is 11.4 Å². The van der Waals surface area contributed by atoms with Crippen molar-refractivity contribution in [3.05, 3.63) is 70.1 Å². The van der Waals surface area contributed by atoms with Gasteiger partial charge in [0.15, 0.2) is 0 Å². The van der Waals surface area contributed by atoms with E-state index in [0.717, 1.165) is 0 Å². The van der Waals surface area contributed by atoms with Crippen molar-refractivity contribution in [2.75, 3.05) is 26.1 Å². The van der Waals surface area contributed by atoms with E-state index >= 15 is 0 Å². The van der Waals surface area contributed by atoms with Crippen LogP contribution in [0.1, 0.15) is 11.3 Å². The van der Waals surface area contributed by atoms with E-state index in [-0.39, 0.29) is 25.1 Å². The Morgan fingerprint density at radius 2 is 1.87 bits per heavy atom. The Balaban J connectivity index is 1.99. The molecular formula is C23H25N3O5. The number of carbonyl (C=O) groups excluding carboxylic acids is 1. The molecule has 0 spiro atoms. The highest BCUT2D eigenvalue weighted by atomic mass is 16.5. The zero-order valence-electron chi connectivity index (χ0n) is 17.7. The first kappa shape index (κ1) is 22.0. The van der Waals surface area contributed by atoms with Crippen molar-refractivity contribution in [1.29, 1.82) is 0 Å². The van der Waals surface area contributed by atoms with E-state index in [1.165, 1.54) is 11.7 Å². The molecule has 0 aliphatic carbocycles. The number of amides is 1. The molecule has 0 unspecified atom stereocenters. The normalized spacial score (nSPS) is 10.6. The zero-order valence-corrected chi connectivity index (χ0v) is 17.7. The number of benzene rings is 2. The van der Waals surface area contributed by atoms with E-state index in [4.69, 9.17) is 9.47 Å². The van der Waals surface area contributed by atoms with Crippen LogP contribution in [0.4, 0.5) is 5.69 Å². The molecule has 0 saturated carbocycles. The highest BCUT2D eigenvalue weighted by Crippen LogP contribution is 2.29. The monoisotopic (exact) mass is 423 g/mol. The summed E-state index contributed by atoms with van der Waals surface area (Å²) in [6.07, 6.45) is 0.167. The van der Waals surface area contributed by atoms with Crippen molar-refractivity contribution in [3.8, 4) is 22.9 Å². The molecule has 0 saturated heterocycles. The maximum atomic E-state index is 13.2. The molecule has 0 atom stereocenters. The molecule has 1 heterocycles. The van der Waals surface area contributed by atoms with Crippen LogP contribution < -0.4 is 20.3 Å². The molecule has 3 rings (SSSR count). The SMILES string of the molecule is COc1ccc(NC(=O)Cn2c(-c3ccccc3)nc(C)c(CCO)c2=O)c(OC)c1. The number of hydrogen-bond acceptors (Lipinski definition) is 6. The summed E-state index contributed by atoms with van der Waals surface area (Å²) in [6.45, 7) is 1.30. The summed E-state index contributed by atoms with van der Waals surface area (Å²) in [4.78, 5) is 30.6. The largest absolute Gasteiger partial charge is 0.497 e. The van der Waals surface area contributed by atoms with E-state index in [0.29, 0.717) is 39.8 Å². The van der Waals surface area contributed by atoms with Gasteiger partial charge in [-0.2, -0.15) is 0 Å². The van der Waals surface area contributed by atoms with Gasteiger partial charge in [0, 0.05) is 35.9 Å². The molecule has 8 nitrogen and oxygen atoms in total. The number of hydrogen-bond donors (Lipinski definition) is 2. The highest BCUT2D eigenvalue weighted by molar-refractivity contribution is 5.92. The Hall–Kier alpha value is -3.65. The van der Waals surface area contributed by atoms with E-state index in [1.807, 2.05) is 30.3 Å². The highest BCUT2D eigenvalue weighted by Gasteiger charge is 2.18. The summed E-state index contributed by atoms with van der Waals surface area (Å²) in [5.74, 6) is 1.00. The van der Waals surface area contributed by atoms with Crippen LogP contribution >= 0.6 is 0 Å². The molecule has 0 aliphatic rings. The Labute approximate surface area is 180 Å². The summed E-state index contributed by atoms with van der Waals surface area (Å²) in [5, 5.41) is 12.1. The number of rotatable bonds is 8. The van der Waals surface area contributed by atoms with Gasteiger partial charge in [-0.1, -0.05) is 30.3 Å². The fraction of sp³-hybridized carbons (Fsp3) is 0.261. The number of aromatic nitrogens is 2. The second-order valence-corrected chi connectivity index (χ2v) is 6.84. The van der Waals surface area contributed by atoms with Gasteiger partial charge < -0.3 is 19.9 Å². The molecule has 2 N–H and O–H groups in total. The van der Waals surface area contributed by atoms with Gasteiger partial charge >= 0.3 is 0 Å². The third-order valence-electron chi connectivity index (χ3n) is 4.85. The third kappa shape index (κ3) is 4.92. The number of aryl methyl sites for hydroxylation is 1. The summed E-state index contributed by atoms with van der Waals surface area (Å²) in [7, 11) is 3.03. The van der Waals surface area contributed by atoms with Crippen molar-refractivity contribution >= 4 is 11.6 Å². The summed E-state index contributed by atoms with van der Waals surface area (Å²) >= 11 is 0. The smallest absolute Gasteiger partial charge is 0.257 e. The fourth-order valence-corrected chi connectivity index (χ4v) is 3.29. The minimum atomic E-state index is -0.414. The number of nitrogens with zero attached hydrogens (tertiary/aromatic N) is 2. The van der Waals surface area contributed by atoms with E-state index in [2.05, 4.69) is 10.3 Å². The maximum Gasteiger partial charge on any atom is 0.257 e. The Bertz CT molecular complexity index is 1130. The minimum Gasteiger partial charge on any atom is -0.497 e. The van der Waals surface area contributed by atoms with Gasteiger partial charge in [0.05, 0.1) is 19.9 Å². The number of nitrogens with one attached hydrogen (secondary N) is 1. The van der Waals surface area contributed by atoms with E-state index < -0.39 is 5.91 Å². The lowest BCUT2D eigenvalue weighted by Crippen LogP contribution is -2.33. The molecular weight excluding hydrogens is 398 g/mol. The van der Waals surface area contributed by atoms with Gasteiger partial charge in [0.1, 0.15) is 23.9 Å². The molecule has 162 valence electrons. The van der Waals surface area contributed by atoms with Gasteiger partial charge in [-0.05, 0) is 19.1 Å². The average molecular weight is 423 g/mol. The third-order valence-corrected chi connectivity index (χ3v) is 4.85. The Kier molecular flexibility index (Phi) is 7.04. The van der Waals surface area contributed by atoms with Gasteiger partial charge in [-0.25, -0.2) is 4.98 Å². The predicted molar refractivity (Wildman–Crippen MR) is 118 cm³/mol. The molecule has 0 fully saturated rings. The molecule has 1 aromatic heterocycles. The first-order chi connectivity index (χ1) is 15.0. The molecule has 0 radical (unpaired) electrons. The first-order valence-corrected chi connectivity index (χ1v) is 9.77. The molecule has 0 aliphatic heterocycles. The lowest BCUT2D eigenvalue weighted by atomic mass is 10.1. The second-order valence-electron chi connectivity index (χ2n) is 6.84. The number of aliphatic hydroxyl groups excluding tert-OH is 1. The van der Waals surface area contributed by atoms with Crippen molar-refractivity contribution in [2.45, 2.75) is 19.9 Å². The molecule has 8 heteroatoms. The Morgan fingerprint density at radius 1 is 1.13 bits per heavy atom. The number of carbonyl (C=O) groups is 1. The standard InChI is InChI=1S/C23H25N3O5/c1-15-18(11-12-27)23(29)26(22(24-15)16-7-5-4-6-8-16)14-21(28)25-19-10-9-17(30-2)13-20(19)31-3/h4-10,13,27H,11-12,14H2,1-3H3,(H,25,28).